The molecule has 1 aliphatic heterocycles. The van der Waals surface area contributed by atoms with Crippen LogP contribution in [0.5, 0.6) is 0 Å². The van der Waals surface area contributed by atoms with Gasteiger partial charge in [0.05, 0.1) is 13.2 Å². The molecule has 0 atom stereocenters. The first kappa shape index (κ1) is 6.38. The van der Waals surface area contributed by atoms with Crippen LogP contribution in [0, 0.1) is 0 Å². The lowest BCUT2D eigenvalue weighted by Crippen LogP contribution is -2.29. The minimum Gasteiger partial charge on any atom is -0.373 e. The normalized spacial score (nSPS) is 17.0. The number of nitrogens with zero attached hydrogens (tertiary/aromatic N) is 1. The predicted molar refractivity (Wildman–Crippen MR) is 32.1 cm³/mol. The van der Waals surface area contributed by atoms with Crippen molar-refractivity contribution in [3.8, 4) is 0 Å². The molecule has 0 amide bonds. The van der Waals surface area contributed by atoms with Crippen molar-refractivity contribution in [1.29, 1.82) is 0 Å². The summed E-state index contributed by atoms with van der Waals surface area (Å²) in [7, 11) is 0. The fourth-order valence-corrected chi connectivity index (χ4v) is 0.716. The van der Waals surface area contributed by atoms with Gasteiger partial charge in [-0.3, -0.25) is 0 Å². The van der Waals surface area contributed by atoms with Crippen LogP contribution in [0.2, 0.25) is 0 Å². The van der Waals surface area contributed by atoms with Crippen LogP contribution in [0.4, 0.5) is 0 Å². The third-order valence-electron chi connectivity index (χ3n) is 1.10. The fourth-order valence-electron chi connectivity index (χ4n) is 0.716. The molecule has 0 saturated carbocycles. The SMILES string of the molecule is OC(O)CN1C=CNC1. The Hall–Kier alpha value is -0.740. The Bertz CT molecular complexity index is 114. The van der Waals surface area contributed by atoms with Crippen molar-refractivity contribution in [3.63, 3.8) is 0 Å². The van der Waals surface area contributed by atoms with Crippen LogP contribution in [0.1, 0.15) is 0 Å². The first-order valence-corrected chi connectivity index (χ1v) is 2.79. The Morgan fingerprint density at radius 2 is 2.44 bits per heavy atom. The van der Waals surface area contributed by atoms with Crippen molar-refractivity contribution < 1.29 is 10.2 Å². The summed E-state index contributed by atoms with van der Waals surface area (Å²) in [5.41, 5.74) is 0. The van der Waals surface area contributed by atoms with E-state index in [0.29, 0.717) is 6.67 Å². The number of nitrogens with one attached hydrogen (secondary N) is 1. The van der Waals surface area contributed by atoms with Crippen LogP contribution in [0.15, 0.2) is 12.4 Å². The van der Waals surface area contributed by atoms with Gasteiger partial charge in [-0.1, -0.05) is 0 Å². The van der Waals surface area contributed by atoms with E-state index in [1.165, 1.54) is 0 Å². The first-order chi connectivity index (χ1) is 4.29. The van der Waals surface area contributed by atoms with Gasteiger partial charge in [-0.15, -0.1) is 0 Å². The second kappa shape index (κ2) is 2.70. The molecule has 4 heteroatoms. The largest absolute Gasteiger partial charge is 0.373 e. The summed E-state index contributed by atoms with van der Waals surface area (Å²) in [4.78, 5) is 1.77. The Kier molecular flexibility index (Phi) is 1.92. The van der Waals surface area contributed by atoms with Gasteiger partial charge in [0.15, 0.2) is 6.29 Å². The molecule has 4 nitrogen and oxygen atoms in total. The first-order valence-electron chi connectivity index (χ1n) is 2.79. The van der Waals surface area contributed by atoms with E-state index in [-0.39, 0.29) is 6.54 Å². The number of aliphatic hydroxyl groups is 2. The fraction of sp³-hybridized carbons (Fsp3) is 0.600. The van der Waals surface area contributed by atoms with Gasteiger partial charge in [0, 0.05) is 12.4 Å². The van der Waals surface area contributed by atoms with Crippen molar-refractivity contribution in [2.75, 3.05) is 13.2 Å². The zero-order valence-corrected chi connectivity index (χ0v) is 4.99. The molecule has 1 heterocycles. The monoisotopic (exact) mass is 130 g/mol. The summed E-state index contributed by atoms with van der Waals surface area (Å²) < 4.78 is 0. The van der Waals surface area contributed by atoms with E-state index in [4.69, 9.17) is 10.2 Å². The lowest BCUT2D eigenvalue weighted by molar-refractivity contribution is -0.0534. The zero-order valence-electron chi connectivity index (χ0n) is 4.99. The molecule has 0 bridgehead atoms. The molecule has 0 spiro atoms. The Morgan fingerprint density at radius 3 is 2.89 bits per heavy atom. The van der Waals surface area contributed by atoms with Crippen LogP contribution in [-0.2, 0) is 0 Å². The molecule has 52 valence electrons. The van der Waals surface area contributed by atoms with Gasteiger partial charge >= 0.3 is 0 Å². The number of hydrogen-bond acceptors (Lipinski definition) is 4. The lowest BCUT2D eigenvalue weighted by atomic mass is 10.6. The molecule has 0 saturated heterocycles. The van der Waals surface area contributed by atoms with Crippen LogP contribution >= 0.6 is 0 Å². The van der Waals surface area contributed by atoms with Gasteiger partial charge < -0.3 is 20.4 Å². The van der Waals surface area contributed by atoms with Gasteiger partial charge in [0.1, 0.15) is 0 Å². The number of β-amino-alcohol motifs (C(OH)–C–C–N with tert-alkyl or cyclic N) is 2. The van der Waals surface area contributed by atoms with Gasteiger partial charge in [-0.25, -0.2) is 0 Å². The van der Waals surface area contributed by atoms with Crippen LogP contribution in [0.3, 0.4) is 0 Å². The summed E-state index contributed by atoms with van der Waals surface area (Å²) in [6.07, 6.45) is 2.30. The molecular weight excluding hydrogens is 120 g/mol. The van der Waals surface area contributed by atoms with Gasteiger partial charge in [-0.05, 0) is 0 Å². The highest BCUT2D eigenvalue weighted by atomic mass is 16.5. The summed E-state index contributed by atoms with van der Waals surface area (Å²) in [5, 5.41) is 19.8. The van der Waals surface area contributed by atoms with E-state index in [0.717, 1.165) is 0 Å². The number of hydrogen-bond donors (Lipinski definition) is 3. The topological polar surface area (TPSA) is 55.7 Å². The third kappa shape index (κ3) is 1.91. The highest BCUT2D eigenvalue weighted by molar-refractivity contribution is 4.86. The average Bonchev–Trinajstić information content (AvgIpc) is 2.15. The van der Waals surface area contributed by atoms with E-state index in [1.807, 2.05) is 0 Å². The lowest BCUT2D eigenvalue weighted by Gasteiger charge is -2.14. The maximum atomic E-state index is 8.46. The zero-order chi connectivity index (χ0) is 6.69. The molecular formula is C5H10N2O2. The quantitative estimate of drug-likeness (QED) is 0.404. The van der Waals surface area contributed by atoms with E-state index in [9.17, 15) is 0 Å². The molecule has 1 aliphatic rings. The summed E-state index contributed by atoms with van der Waals surface area (Å²) in [6, 6.07) is 0. The Labute approximate surface area is 53.4 Å². The maximum Gasteiger partial charge on any atom is 0.169 e. The van der Waals surface area contributed by atoms with Crippen molar-refractivity contribution in [2.45, 2.75) is 6.29 Å². The Morgan fingerprint density at radius 1 is 1.67 bits per heavy atom. The van der Waals surface area contributed by atoms with E-state index in [1.54, 1.807) is 17.3 Å². The second-order valence-electron chi connectivity index (χ2n) is 1.93. The highest BCUT2D eigenvalue weighted by Gasteiger charge is 2.06. The summed E-state index contributed by atoms with van der Waals surface area (Å²) in [5.74, 6) is 0. The minimum absolute atomic E-state index is 0.267. The average molecular weight is 130 g/mol. The van der Waals surface area contributed by atoms with Crippen molar-refractivity contribution in [1.82, 2.24) is 10.2 Å². The van der Waals surface area contributed by atoms with E-state index >= 15 is 0 Å². The van der Waals surface area contributed by atoms with Crippen LogP contribution in [-0.4, -0.2) is 34.6 Å². The van der Waals surface area contributed by atoms with Gasteiger partial charge in [0.25, 0.3) is 0 Å². The van der Waals surface area contributed by atoms with Crippen molar-refractivity contribution in [2.24, 2.45) is 0 Å². The molecule has 0 aromatic rings. The molecule has 0 unspecified atom stereocenters. The number of rotatable bonds is 2. The molecule has 1 rings (SSSR count). The standard InChI is InChI=1S/C5H10N2O2/c8-5(9)3-7-2-1-6-4-7/h1-2,5-6,8-9H,3-4H2. The van der Waals surface area contributed by atoms with E-state index < -0.39 is 6.29 Å². The van der Waals surface area contributed by atoms with Crippen LogP contribution in [0.25, 0.3) is 0 Å². The molecule has 9 heavy (non-hydrogen) atoms. The molecule has 0 aromatic carbocycles. The Balaban J connectivity index is 2.20. The molecule has 0 aliphatic carbocycles. The van der Waals surface area contributed by atoms with Crippen molar-refractivity contribution in [3.05, 3.63) is 12.4 Å². The number of aliphatic hydroxyl groups excluding tert-OH is 1. The smallest absolute Gasteiger partial charge is 0.169 e. The van der Waals surface area contributed by atoms with E-state index in [2.05, 4.69) is 5.32 Å². The summed E-state index contributed by atoms with van der Waals surface area (Å²) in [6.45, 7) is 0.932. The maximum absolute atomic E-state index is 8.46. The van der Waals surface area contributed by atoms with Crippen LogP contribution < -0.4 is 5.32 Å². The second-order valence-corrected chi connectivity index (χ2v) is 1.93. The molecule has 3 N–H and O–H groups in total. The molecule has 0 aromatic heterocycles. The molecule has 0 radical (unpaired) electrons. The van der Waals surface area contributed by atoms with Gasteiger partial charge in [0.2, 0.25) is 0 Å². The van der Waals surface area contributed by atoms with Gasteiger partial charge in [-0.2, -0.15) is 0 Å². The predicted octanol–water partition coefficient (Wildman–Crippen LogP) is -1.37. The highest BCUT2D eigenvalue weighted by Crippen LogP contribution is 1.94. The summed E-state index contributed by atoms with van der Waals surface area (Å²) >= 11 is 0. The van der Waals surface area contributed by atoms with Crippen molar-refractivity contribution >= 4 is 0 Å². The minimum atomic E-state index is -1.24. The molecule has 0 fully saturated rings. The third-order valence-corrected chi connectivity index (χ3v) is 1.10.